The quantitative estimate of drug-likeness (QED) is 0.0273. The van der Waals surface area contributed by atoms with E-state index in [0.717, 1.165) is 62.8 Å². The number of nitrogens with zero attached hydrogens (tertiary/aromatic N) is 2. The molecule has 0 atom stereocenters. The number of hydrogen-bond acceptors (Lipinski definition) is 0. The third-order valence-corrected chi connectivity index (χ3v) is 30.5. The minimum atomic E-state index is 0.995. The fourth-order valence-corrected chi connectivity index (χ4v) is 21.6. The van der Waals surface area contributed by atoms with Crippen molar-refractivity contribution < 1.29 is 19.1 Å². The summed E-state index contributed by atoms with van der Waals surface area (Å²) in [5.41, 5.74) is 22.8. The second-order valence-electron chi connectivity index (χ2n) is 41.6. The van der Waals surface area contributed by atoms with Crippen molar-refractivity contribution in [3.8, 4) is 0 Å². The Labute approximate surface area is 818 Å². The Balaban J connectivity index is 0.000000985. The van der Waals surface area contributed by atoms with Crippen molar-refractivity contribution in [3.05, 3.63) is 112 Å². The van der Waals surface area contributed by atoms with Crippen molar-refractivity contribution in [1.82, 2.24) is 0 Å². The third-order valence-electron chi connectivity index (χ3n) is 29.1. The number of hydrogen-bond donors (Lipinski definition) is 0. The Morgan fingerprint density at radius 3 is 0.574 bits per heavy atom. The van der Waals surface area contributed by atoms with Crippen LogP contribution in [0.5, 0.6) is 0 Å². The first-order valence-corrected chi connectivity index (χ1v) is 61.4. The molecule has 2 nitrogen and oxygen atoms in total. The van der Waals surface area contributed by atoms with Gasteiger partial charge in [0.2, 0.25) is 11.4 Å². The van der Waals surface area contributed by atoms with E-state index in [1.54, 1.807) is 4.70 Å². The van der Waals surface area contributed by atoms with Crippen LogP contribution in [-0.4, -0.2) is 4.70 Å². The molecule has 2 aromatic rings. The molecule has 0 saturated carbocycles. The summed E-state index contributed by atoms with van der Waals surface area (Å²) in [5, 5.41) is 2.87. The minimum Gasteiger partial charge on any atom is -0.0654 e. The molecule has 0 bridgehead atoms. The predicted molar refractivity (Wildman–Crippen MR) is 583 cm³/mol. The summed E-state index contributed by atoms with van der Waals surface area (Å²) in [6.45, 7) is 13.9. The topological polar surface area (TPSA) is 25.3 Å². The zero-order chi connectivity index (χ0) is 92.1. The Bertz CT molecular complexity index is 2660. The molecule has 0 amide bonds. The van der Waals surface area contributed by atoms with Gasteiger partial charge in [0.05, 0.1) is 0 Å². The van der Waals surface area contributed by atoms with Crippen LogP contribution in [0.25, 0.3) is 16.9 Å². The molecule has 0 spiro atoms. The maximum absolute atomic E-state index is 12.7. The van der Waals surface area contributed by atoms with Gasteiger partial charge in [0.15, 0.2) is 0 Å². The van der Waals surface area contributed by atoms with Gasteiger partial charge < -0.3 is 5.53 Å². The maximum atomic E-state index is 12.7. The second-order valence-corrected chi connectivity index (χ2v) is 43.0. The molecule has 1 aliphatic heterocycles. The van der Waals surface area contributed by atoms with Crippen LogP contribution in [0.15, 0.2) is 84.0 Å². The van der Waals surface area contributed by atoms with E-state index in [4.69, 9.17) is 0 Å². The summed E-state index contributed by atoms with van der Waals surface area (Å²) in [4.78, 5) is 0. The van der Waals surface area contributed by atoms with Gasteiger partial charge in [-0.1, -0.05) is 513 Å². The fourth-order valence-electron chi connectivity index (χ4n) is 20.4. The third kappa shape index (κ3) is 79.2. The second kappa shape index (κ2) is 103. The minimum absolute atomic E-state index is 0.995. The van der Waals surface area contributed by atoms with Crippen LogP contribution in [0, 0.1) is 0 Å². The first-order valence-electron chi connectivity index (χ1n) is 60.0. The Hall–Kier alpha value is -2.51. The van der Waals surface area contributed by atoms with Crippen LogP contribution in [0.3, 0.4) is 0 Å². The van der Waals surface area contributed by atoms with E-state index in [1.807, 2.05) is 0 Å². The molecule has 0 N–H and O–H groups in total. The van der Waals surface area contributed by atoms with Crippen LogP contribution in [0.2, 0.25) is 10.8 Å². The van der Waals surface area contributed by atoms with Gasteiger partial charge in [0.25, 0.3) is 0 Å². The molecule has 0 unspecified atom stereocenters. The number of rotatable bonds is 104. The summed E-state index contributed by atoms with van der Waals surface area (Å²) < 4.78 is 1.67. The zero-order valence-electron chi connectivity index (χ0n) is 88.8. The first kappa shape index (κ1) is 123. The van der Waals surface area contributed by atoms with Gasteiger partial charge in [-0.05, 0) is 100 Å². The number of aryl methyl sites for hydroxylation is 2. The number of unbranched alkanes of at least 4 members (excludes halogenated alkanes) is 86. The molecule has 754 valence electrons. The molecule has 0 aliphatic carbocycles. The molecule has 0 radical (unpaired) electrons. The molecule has 0 fully saturated rings. The standard InChI is InChI=1S/C78H132N2.2C24H49.Ni/c1-5-9-13-16-19-21-23-25-27-29-31-33-35-37-39-41-43-45-47-49-51-53-56-63-71-65-59-61-68-73(71)77-75(67-12-8-4)76(70-58-55-18-15-11-7-3)78(80(77)79)74-69-62-60-66-72(74)64-57-54-52-50-48-46-44-42-40-38-36-34-32-30-28-26-24-22-20-17-14-10-6-2;2*1-3-5-7-9-11-13-15-17-19-21-23-24-22-20-18-16-14-12-10-8-6-4-2;/h51-54,59-62,65-66,68-69H,5-50,55-58,63-64,67,70H2,1-4H3;2*1,3-24H2,2H3;. The fraction of sp³-hybridized carbons (Fsp3) is 0.841. The number of benzene rings is 2. The van der Waals surface area contributed by atoms with Crippen LogP contribution in [0.1, 0.15) is 680 Å². The molecular weight excluding hydrogens is 1600 g/mol. The van der Waals surface area contributed by atoms with Gasteiger partial charge in [-0.3, -0.25) is 0 Å². The van der Waals surface area contributed by atoms with E-state index < -0.39 is 0 Å². The summed E-state index contributed by atoms with van der Waals surface area (Å²) in [5.74, 6) is 0. The number of allylic oxidation sites excluding steroid dienone is 6. The van der Waals surface area contributed by atoms with Crippen LogP contribution in [-0.2, 0) is 27.3 Å². The zero-order valence-corrected chi connectivity index (χ0v) is 89.8. The molecule has 0 aromatic heterocycles. The Morgan fingerprint density at radius 1 is 0.186 bits per heavy atom. The summed E-state index contributed by atoms with van der Waals surface area (Å²) in [6, 6.07) is 18.1. The Kier molecular flexibility index (Phi) is 97.7. The molecule has 1 heterocycles. The molecular formula is C126H230N2Ni. The summed E-state index contributed by atoms with van der Waals surface area (Å²) in [7, 11) is 0. The Morgan fingerprint density at radius 2 is 0.357 bits per heavy atom. The first-order chi connectivity index (χ1) is 64.1. The van der Waals surface area contributed by atoms with Gasteiger partial charge in [0, 0.05) is 22.3 Å². The average molecular weight is 1830 g/mol. The van der Waals surface area contributed by atoms with Crippen molar-refractivity contribution in [2.45, 2.75) is 682 Å². The van der Waals surface area contributed by atoms with E-state index in [9.17, 15) is 5.53 Å². The van der Waals surface area contributed by atoms with Gasteiger partial charge in [0.1, 0.15) is 0 Å². The molecule has 2 aromatic carbocycles. The van der Waals surface area contributed by atoms with Crippen molar-refractivity contribution in [1.29, 1.82) is 0 Å². The van der Waals surface area contributed by atoms with Crippen molar-refractivity contribution in [2.24, 2.45) is 0 Å². The molecule has 0 saturated heterocycles. The van der Waals surface area contributed by atoms with Crippen LogP contribution >= 0.6 is 0 Å². The average Bonchev–Trinajstić information content (AvgIpc) is 1.60. The van der Waals surface area contributed by atoms with E-state index in [0.29, 0.717) is 0 Å². The van der Waals surface area contributed by atoms with Crippen LogP contribution < -0.4 is 0 Å². The van der Waals surface area contributed by atoms with Crippen molar-refractivity contribution in [2.75, 3.05) is 0 Å². The van der Waals surface area contributed by atoms with E-state index in [1.165, 1.54) is 622 Å². The smallest absolute Gasteiger partial charge is 0.0654 e. The molecule has 1 aliphatic rings. The SMILES string of the molecule is CCCCCCCCCCCCCCCCCCCCCC=CCCc1ccccc1C1=C(CCCC)C(CCCCCCCC)=C(c2ccccc2CCC=CCCCCCCCCCCCCCCCCCCCCC)[N+]1=[N-].CCCCCCCCCCCCCCCCCCCCCCC[CH2][Ni][CH2]CCCCCCCCCCCCCCCCCCCCCCC. The van der Waals surface area contributed by atoms with Gasteiger partial charge in [-0.25, -0.2) is 4.70 Å². The molecule has 129 heavy (non-hydrogen) atoms. The summed E-state index contributed by atoms with van der Waals surface area (Å²) in [6.07, 6.45) is 148. The van der Waals surface area contributed by atoms with Crippen molar-refractivity contribution >= 4 is 11.4 Å². The van der Waals surface area contributed by atoms with Crippen LogP contribution in [0.4, 0.5) is 0 Å². The molecule has 3 rings (SSSR count). The summed E-state index contributed by atoms with van der Waals surface area (Å²) >= 11 is 2.05. The van der Waals surface area contributed by atoms with E-state index in [-0.39, 0.29) is 0 Å². The van der Waals surface area contributed by atoms with Gasteiger partial charge in [-0.15, -0.1) is 0 Å². The molecule has 3 heteroatoms. The van der Waals surface area contributed by atoms with E-state index in [2.05, 4.69) is 129 Å². The predicted octanol–water partition coefficient (Wildman–Crippen LogP) is 46.5. The normalized spacial score (nSPS) is 12.5. The van der Waals surface area contributed by atoms with Crippen molar-refractivity contribution in [3.63, 3.8) is 0 Å². The monoisotopic (exact) mass is 1830 g/mol. The van der Waals surface area contributed by atoms with Gasteiger partial charge in [-0.2, -0.15) is 0 Å². The van der Waals surface area contributed by atoms with E-state index >= 15 is 0 Å². The van der Waals surface area contributed by atoms with Gasteiger partial charge >= 0.3 is 166 Å².